The predicted octanol–water partition coefficient (Wildman–Crippen LogP) is 3.36. The Hall–Kier alpha value is -2.24. The number of halogens is 1. The molecule has 6 heteroatoms. The van der Waals surface area contributed by atoms with Crippen LogP contribution in [0.4, 0.5) is 5.69 Å². The lowest BCUT2D eigenvalue weighted by Gasteiger charge is -2.15. The average molecular weight is 333 g/mol. The van der Waals surface area contributed by atoms with Crippen LogP contribution in [-0.4, -0.2) is 19.2 Å². The zero-order valence-electron chi connectivity index (χ0n) is 12.6. The largest absolute Gasteiger partial charge is 0.454 e. The molecule has 1 aliphatic heterocycles. The van der Waals surface area contributed by atoms with Gasteiger partial charge in [0.15, 0.2) is 11.5 Å². The normalized spacial score (nSPS) is 13.7. The highest BCUT2D eigenvalue weighted by atomic mass is 35.5. The van der Waals surface area contributed by atoms with Crippen LogP contribution in [0.2, 0.25) is 5.02 Å². The highest BCUT2D eigenvalue weighted by Gasteiger charge is 2.15. The molecule has 2 aromatic carbocycles. The summed E-state index contributed by atoms with van der Waals surface area (Å²) in [7, 11) is 0. The van der Waals surface area contributed by atoms with Crippen molar-refractivity contribution in [1.82, 2.24) is 5.32 Å². The van der Waals surface area contributed by atoms with Gasteiger partial charge in [0.1, 0.15) is 0 Å². The van der Waals surface area contributed by atoms with E-state index in [9.17, 15) is 4.79 Å². The maximum atomic E-state index is 12.1. The second-order valence-electron chi connectivity index (χ2n) is 5.24. The van der Waals surface area contributed by atoms with E-state index in [0.29, 0.717) is 22.2 Å². The number of amides is 1. The quantitative estimate of drug-likeness (QED) is 0.881. The molecular formula is C17H17ClN2O3. The molecule has 0 spiro atoms. The Morgan fingerprint density at radius 3 is 2.83 bits per heavy atom. The van der Waals surface area contributed by atoms with Gasteiger partial charge >= 0.3 is 0 Å². The number of hydrogen-bond donors (Lipinski definition) is 2. The molecule has 0 aromatic heterocycles. The van der Waals surface area contributed by atoms with Crippen molar-refractivity contribution in [1.29, 1.82) is 0 Å². The zero-order valence-corrected chi connectivity index (χ0v) is 13.4. The number of hydrogen-bond acceptors (Lipinski definition) is 4. The van der Waals surface area contributed by atoms with Crippen LogP contribution in [0.5, 0.6) is 11.5 Å². The average Bonchev–Trinajstić information content (AvgIpc) is 3.01. The highest BCUT2D eigenvalue weighted by molar-refractivity contribution is 6.31. The van der Waals surface area contributed by atoms with Crippen LogP contribution in [0.25, 0.3) is 0 Å². The topological polar surface area (TPSA) is 59.6 Å². The molecule has 2 aromatic rings. The van der Waals surface area contributed by atoms with Crippen LogP contribution < -0.4 is 20.1 Å². The summed E-state index contributed by atoms with van der Waals surface area (Å²) in [6.45, 7) is 2.36. The fourth-order valence-corrected chi connectivity index (χ4v) is 2.66. The molecule has 1 atom stereocenters. The number of carbonyl (C=O) groups is 1. The maximum Gasteiger partial charge on any atom is 0.238 e. The number of fused-ring (bicyclic) bond motifs is 1. The third-order valence-corrected chi connectivity index (χ3v) is 3.94. The molecule has 0 aliphatic carbocycles. The fraction of sp³-hybridized carbons (Fsp3) is 0.235. The number of nitrogens with one attached hydrogen (secondary N) is 2. The number of rotatable bonds is 5. The summed E-state index contributed by atoms with van der Waals surface area (Å²) in [4.78, 5) is 12.1. The fourth-order valence-electron chi connectivity index (χ4n) is 2.36. The molecule has 0 radical (unpaired) electrons. The summed E-state index contributed by atoms with van der Waals surface area (Å²) in [6.07, 6.45) is 0. The molecule has 23 heavy (non-hydrogen) atoms. The van der Waals surface area contributed by atoms with Crippen LogP contribution in [0.1, 0.15) is 18.5 Å². The molecule has 2 N–H and O–H groups in total. The monoisotopic (exact) mass is 332 g/mol. The van der Waals surface area contributed by atoms with Gasteiger partial charge in [-0.1, -0.05) is 29.8 Å². The lowest BCUT2D eigenvalue weighted by Crippen LogP contribution is -2.30. The Morgan fingerprint density at radius 2 is 2.00 bits per heavy atom. The van der Waals surface area contributed by atoms with Crippen molar-refractivity contribution in [3.8, 4) is 11.5 Å². The van der Waals surface area contributed by atoms with Crippen molar-refractivity contribution in [3.05, 3.63) is 53.1 Å². The number of carbonyl (C=O) groups excluding carboxylic acids is 1. The van der Waals surface area contributed by atoms with Crippen molar-refractivity contribution < 1.29 is 14.3 Å². The second kappa shape index (κ2) is 6.89. The van der Waals surface area contributed by atoms with E-state index in [1.165, 1.54) is 0 Å². The van der Waals surface area contributed by atoms with Crippen molar-refractivity contribution in [2.24, 2.45) is 0 Å². The summed E-state index contributed by atoms with van der Waals surface area (Å²) in [5, 5.41) is 6.67. The number of benzene rings is 2. The van der Waals surface area contributed by atoms with Gasteiger partial charge in [0, 0.05) is 22.8 Å². The molecule has 1 heterocycles. The summed E-state index contributed by atoms with van der Waals surface area (Å²) in [6, 6.07) is 12.9. The van der Waals surface area contributed by atoms with Crippen LogP contribution in [0.15, 0.2) is 42.5 Å². The van der Waals surface area contributed by atoms with Crippen LogP contribution in [0.3, 0.4) is 0 Å². The van der Waals surface area contributed by atoms with Crippen molar-refractivity contribution in [3.63, 3.8) is 0 Å². The van der Waals surface area contributed by atoms with Gasteiger partial charge in [-0.3, -0.25) is 4.79 Å². The van der Waals surface area contributed by atoms with Gasteiger partial charge in [0.2, 0.25) is 12.7 Å². The van der Waals surface area contributed by atoms with E-state index in [0.717, 1.165) is 5.56 Å². The molecule has 3 rings (SSSR count). The zero-order chi connectivity index (χ0) is 16.2. The lowest BCUT2D eigenvalue weighted by atomic mass is 10.1. The first kappa shape index (κ1) is 15.6. The first-order chi connectivity index (χ1) is 11.1. The third kappa shape index (κ3) is 3.75. The molecule has 1 aliphatic rings. The van der Waals surface area contributed by atoms with E-state index < -0.39 is 0 Å². The van der Waals surface area contributed by atoms with Gasteiger partial charge in [-0.05, 0) is 30.7 Å². The summed E-state index contributed by atoms with van der Waals surface area (Å²) >= 11 is 6.15. The van der Waals surface area contributed by atoms with E-state index in [2.05, 4.69) is 10.6 Å². The minimum Gasteiger partial charge on any atom is -0.454 e. The van der Waals surface area contributed by atoms with Gasteiger partial charge in [-0.25, -0.2) is 0 Å². The van der Waals surface area contributed by atoms with Gasteiger partial charge < -0.3 is 20.1 Å². The van der Waals surface area contributed by atoms with E-state index in [-0.39, 0.29) is 25.3 Å². The van der Waals surface area contributed by atoms with Gasteiger partial charge in [-0.2, -0.15) is 0 Å². The van der Waals surface area contributed by atoms with Crippen LogP contribution in [0, 0.1) is 0 Å². The highest BCUT2D eigenvalue weighted by Crippen LogP contribution is 2.34. The Bertz CT molecular complexity index is 721. The molecule has 0 saturated carbocycles. The number of anilines is 1. The molecule has 0 fully saturated rings. The van der Waals surface area contributed by atoms with E-state index >= 15 is 0 Å². The van der Waals surface area contributed by atoms with Gasteiger partial charge in [-0.15, -0.1) is 0 Å². The molecule has 120 valence electrons. The molecule has 0 unspecified atom stereocenters. The van der Waals surface area contributed by atoms with Gasteiger partial charge in [0.05, 0.1) is 6.54 Å². The predicted molar refractivity (Wildman–Crippen MR) is 89.1 cm³/mol. The third-order valence-electron chi connectivity index (χ3n) is 3.60. The van der Waals surface area contributed by atoms with E-state index in [1.54, 1.807) is 18.2 Å². The summed E-state index contributed by atoms with van der Waals surface area (Å²) < 4.78 is 10.5. The minimum absolute atomic E-state index is 0.0220. The first-order valence-electron chi connectivity index (χ1n) is 7.31. The summed E-state index contributed by atoms with van der Waals surface area (Å²) in [5.41, 5.74) is 1.64. The smallest absolute Gasteiger partial charge is 0.238 e. The van der Waals surface area contributed by atoms with Gasteiger partial charge in [0.25, 0.3) is 0 Å². The Morgan fingerprint density at radius 1 is 1.22 bits per heavy atom. The molecule has 5 nitrogen and oxygen atoms in total. The first-order valence-corrected chi connectivity index (χ1v) is 7.68. The van der Waals surface area contributed by atoms with Crippen LogP contribution >= 0.6 is 11.6 Å². The Labute approximate surface area is 139 Å². The molecule has 1 amide bonds. The van der Waals surface area contributed by atoms with Crippen molar-refractivity contribution >= 4 is 23.2 Å². The lowest BCUT2D eigenvalue weighted by molar-refractivity contribution is -0.115. The van der Waals surface area contributed by atoms with Crippen molar-refractivity contribution in [2.45, 2.75) is 13.0 Å². The minimum atomic E-state index is -0.136. The maximum absolute atomic E-state index is 12.1. The Balaban J connectivity index is 1.54. The Kier molecular flexibility index (Phi) is 4.69. The number of ether oxygens (including phenoxy) is 2. The second-order valence-corrected chi connectivity index (χ2v) is 5.65. The van der Waals surface area contributed by atoms with Crippen LogP contribution in [-0.2, 0) is 4.79 Å². The van der Waals surface area contributed by atoms with Crippen molar-refractivity contribution in [2.75, 3.05) is 18.7 Å². The molecular weight excluding hydrogens is 316 g/mol. The standard InChI is InChI=1S/C17H17ClN2O3/c1-11(13-4-2-3-5-14(13)18)19-9-17(21)20-12-6-7-15-16(8-12)23-10-22-15/h2-8,11,19H,9-10H2,1H3,(H,20,21)/t11-/m1/s1. The molecule has 0 saturated heterocycles. The van der Waals surface area contributed by atoms with E-state index in [1.807, 2.05) is 31.2 Å². The molecule has 0 bridgehead atoms. The SMILES string of the molecule is C[C@@H](NCC(=O)Nc1ccc2c(c1)OCO2)c1ccccc1Cl. The van der Waals surface area contributed by atoms with E-state index in [4.69, 9.17) is 21.1 Å². The summed E-state index contributed by atoms with van der Waals surface area (Å²) in [5.74, 6) is 1.19.